The summed E-state index contributed by atoms with van der Waals surface area (Å²) in [5.74, 6) is -1.17. The Labute approximate surface area is 130 Å². The molecule has 2 heterocycles. The van der Waals surface area contributed by atoms with Gasteiger partial charge in [0, 0.05) is 25.8 Å². The largest absolute Gasteiger partial charge is 0.481 e. The second-order valence-corrected chi connectivity index (χ2v) is 8.15. The van der Waals surface area contributed by atoms with Crippen molar-refractivity contribution < 1.29 is 18.3 Å². The summed E-state index contributed by atoms with van der Waals surface area (Å²) in [6.07, 6.45) is 5.77. The minimum atomic E-state index is -3.65. The molecule has 1 aromatic rings. The molecule has 7 nitrogen and oxygen atoms in total. The lowest BCUT2D eigenvalue weighted by Crippen LogP contribution is -2.29. The van der Waals surface area contributed by atoms with Gasteiger partial charge in [0.2, 0.25) is 10.0 Å². The van der Waals surface area contributed by atoms with Gasteiger partial charge in [-0.2, -0.15) is 9.40 Å². The maximum atomic E-state index is 12.7. The molecule has 3 rings (SSSR count). The lowest BCUT2D eigenvalue weighted by molar-refractivity contribution is -0.142. The van der Waals surface area contributed by atoms with Gasteiger partial charge in [-0.25, -0.2) is 8.42 Å². The molecule has 1 saturated heterocycles. The van der Waals surface area contributed by atoms with E-state index < -0.39 is 21.9 Å². The normalized spacial score (nSPS) is 26.4. The summed E-state index contributed by atoms with van der Waals surface area (Å²) in [5.41, 5.74) is 0. The van der Waals surface area contributed by atoms with Crippen LogP contribution >= 0.6 is 0 Å². The number of aromatic nitrogens is 2. The van der Waals surface area contributed by atoms with Crippen molar-refractivity contribution in [3.05, 3.63) is 12.4 Å². The van der Waals surface area contributed by atoms with Crippen molar-refractivity contribution in [1.82, 2.24) is 14.1 Å². The van der Waals surface area contributed by atoms with Crippen LogP contribution in [-0.4, -0.2) is 46.7 Å². The average Bonchev–Trinajstić information content (AvgIpc) is 3.02. The Morgan fingerprint density at radius 2 is 2.14 bits per heavy atom. The molecule has 8 heteroatoms. The Morgan fingerprint density at radius 3 is 2.73 bits per heavy atom. The predicted molar refractivity (Wildman–Crippen MR) is 78.6 cm³/mol. The van der Waals surface area contributed by atoms with Gasteiger partial charge in [0.1, 0.15) is 4.90 Å². The second kappa shape index (κ2) is 5.66. The summed E-state index contributed by atoms with van der Waals surface area (Å²) in [6, 6.07) is 0. The van der Waals surface area contributed by atoms with Crippen LogP contribution in [0.3, 0.4) is 0 Å². The van der Waals surface area contributed by atoms with Crippen molar-refractivity contribution >= 4 is 16.0 Å². The summed E-state index contributed by atoms with van der Waals surface area (Å²) in [6.45, 7) is 3.03. The van der Waals surface area contributed by atoms with Gasteiger partial charge in [-0.3, -0.25) is 9.48 Å². The van der Waals surface area contributed by atoms with E-state index in [4.69, 9.17) is 0 Å². The van der Waals surface area contributed by atoms with Crippen molar-refractivity contribution in [1.29, 1.82) is 0 Å². The van der Waals surface area contributed by atoms with Crippen molar-refractivity contribution in [2.24, 2.45) is 17.8 Å². The first-order valence-electron chi connectivity index (χ1n) is 7.69. The quantitative estimate of drug-likeness (QED) is 0.842. The number of aliphatic carboxylic acids is 1. The zero-order valence-corrected chi connectivity index (χ0v) is 13.4. The SMILES string of the molecule is CCCn1cc(S(=O)(=O)N2C[C@@H](C(=O)O)[C@H](C3CC3)C2)cn1. The first-order chi connectivity index (χ1) is 10.4. The molecule has 0 spiro atoms. The van der Waals surface area contributed by atoms with Gasteiger partial charge in [0.15, 0.2) is 0 Å². The molecule has 2 aliphatic rings. The van der Waals surface area contributed by atoms with E-state index in [1.807, 2.05) is 6.92 Å². The van der Waals surface area contributed by atoms with Gasteiger partial charge in [-0.1, -0.05) is 6.92 Å². The zero-order valence-electron chi connectivity index (χ0n) is 12.6. The number of aryl methyl sites for hydroxylation is 1. The number of hydrogen-bond acceptors (Lipinski definition) is 4. The van der Waals surface area contributed by atoms with Gasteiger partial charge >= 0.3 is 5.97 Å². The molecule has 1 N–H and O–H groups in total. The van der Waals surface area contributed by atoms with Gasteiger partial charge < -0.3 is 5.11 Å². The Bertz CT molecular complexity index is 665. The fraction of sp³-hybridized carbons (Fsp3) is 0.714. The summed E-state index contributed by atoms with van der Waals surface area (Å²) < 4.78 is 28.3. The van der Waals surface area contributed by atoms with Gasteiger partial charge in [0.25, 0.3) is 0 Å². The van der Waals surface area contributed by atoms with Crippen LogP contribution in [0.25, 0.3) is 0 Å². The minimum absolute atomic E-state index is 0.0574. The fourth-order valence-electron chi connectivity index (χ4n) is 3.23. The second-order valence-electron chi connectivity index (χ2n) is 6.21. The summed E-state index contributed by atoms with van der Waals surface area (Å²) >= 11 is 0. The number of carbonyl (C=O) groups is 1. The first-order valence-corrected chi connectivity index (χ1v) is 9.13. The van der Waals surface area contributed by atoms with Crippen LogP contribution in [0.15, 0.2) is 17.3 Å². The Balaban J connectivity index is 1.81. The Kier molecular flexibility index (Phi) is 3.98. The summed E-state index contributed by atoms with van der Waals surface area (Å²) in [7, 11) is -3.65. The third-order valence-electron chi connectivity index (χ3n) is 4.58. The van der Waals surface area contributed by atoms with E-state index in [2.05, 4.69) is 5.10 Å². The highest BCUT2D eigenvalue weighted by Crippen LogP contribution is 2.45. The molecule has 0 unspecified atom stereocenters. The molecular weight excluding hydrogens is 306 g/mol. The number of rotatable bonds is 6. The molecule has 122 valence electrons. The van der Waals surface area contributed by atoms with E-state index in [-0.39, 0.29) is 17.4 Å². The zero-order chi connectivity index (χ0) is 15.9. The number of sulfonamides is 1. The first kappa shape index (κ1) is 15.5. The standard InChI is InChI=1S/C14H21N3O4S/c1-2-5-16-7-11(6-15-16)22(20,21)17-8-12(10-3-4-10)13(9-17)14(18)19/h6-7,10,12-13H,2-5,8-9H2,1H3,(H,18,19)/t12-,13+/m0/s1. The van der Waals surface area contributed by atoms with E-state index in [0.717, 1.165) is 19.3 Å². The van der Waals surface area contributed by atoms with Crippen LogP contribution < -0.4 is 0 Å². The summed E-state index contributed by atoms with van der Waals surface area (Å²) in [4.78, 5) is 11.6. The maximum Gasteiger partial charge on any atom is 0.308 e. The molecule has 1 aliphatic carbocycles. The lowest BCUT2D eigenvalue weighted by atomic mass is 9.92. The van der Waals surface area contributed by atoms with Crippen molar-refractivity contribution in [3.8, 4) is 0 Å². The van der Waals surface area contributed by atoms with Crippen LogP contribution in [0.5, 0.6) is 0 Å². The van der Waals surface area contributed by atoms with Crippen LogP contribution in [0.2, 0.25) is 0 Å². The van der Waals surface area contributed by atoms with Crippen LogP contribution in [-0.2, 0) is 21.4 Å². The number of carboxylic acid groups (broad SMARTS) is 1. The van der Waals surface area contributed by atoms with Crippen LogP contribution in [0.1, 0.15) is 26.2 Å². The monoisotopic (exact) mass is 327 g/mol. The highest BCUT2D eigenvalue weighted by Gasteiger charge is 2.48. The van der Waals surface area contributed by atoms with E-state index in [9.17, 15) is 18.3 Å². The predicted octanol–water partition coefficient (Wildman–Crippen LogP) is 1.02. The molecule has 1 saturated carbocycles. The molecule has 0 amide bonds. The average molecular weight is 327 g/mol. The van der Waals surface area contributed by atoms with Crippen molar-refractivity contribution in [2.75, 3.05) is 13.1 Å². The fourth-order valence-corrected chi connectivity index (χ4v) is 4.69. The molecule has 1 aromatic heterocycles. The van der Waals surface area contributed by atoms with Crippen molar-refractivity contribution in [3.63, 3.8) is 0 Å². The van der Waals surface area contributed by atoms with Crippen LogP contribution in [0, 0.1) is 17.8 Å². The molecule has 0 bridgehead atoms. The van der Waals surface area contributed by atoms with E-state index >= 15 is 0 Å². The van der Waals surface area contributed by atoms with Gasteiger partial charge in [-0.05, 0) is 31.1 Å². The third-order valence-corrected chi connectivity index (χ3v) is 6.36. The van der Waals surface area contributed by atoms with E-state index in [1.54, 1.807) is 4.68 Å². The van der Waals surface area contributed by atoms with E-state index in [1.165, 1.54) is 16.7 Å². The topological polar surface area (TPSA) is 92.5 Å². The number of carboxylic acids is 1. The Morgan fingerprint density at radius 1 is 1.41 bits per heavy atom. The maximum absolute atomic E-state index is 12.7. The van der Waals surface area contributed by atoms with Crippen LogP contribution in [0.4, 0.5) is 0 Å². The Hall–Kier alpha value is -1.41. The van der Waals surface area contributed by atoms with Gasteiger partial charge in [0.05, 0.1) is 12.1 Å². The molecule has 0 aromatic carbocycles. The highest BCUT2D eigenvalue weighted by molar-refractivity contribution is 7.89. The molecule has 22 heavy (non-hydrogen) atoms. The highest BCUT2D eigenvalue weighted by atomic mass is 32.2. The summed E-state index contributed by atoms with van der Waals surface area (Å²) in [5, 5.41) is 13.4. The number of hydrogen-bond donors (Lipinski definition) is 1. The molecule has 1 aliphatic heterocycles. The smallest absolute Gasteiger partial charge is 0.308 e. The molecule has 2 atom stereocenters. The molecule has 2 fully saturated rings. The molecule has 0 radical (unpaired) electrons. The number of nitrogens with zero attached hydrogens (tertiary/aromatic N) is 3. The van der Waals surface area contributed by atoms with Crippen molar-refractivity contribution in [2.45, 2.75) is 37.6 Å². The van der Waals surface area contributed by atoms with E-state index in [0.29, 0.717) is 19.0 Å². The minimum Gasteiger partial charge on any atom is -0.481 e. The lowest BCUT2D eigenvalue weighted by Gasteiger charge is -2.14. The van der Waals surface area contributed by atoms with Gasteiger partial charge in [-0.15, -0.1) is 0 Å². The third kappa shape index (κ3) is 2.77. The molecular formula is C14H21N3O4S.